The minimum absolute atomic E-state index is 0.0256. The van der Waals surface area contributed by atoms with Gasteiger partial charge in [0.05, 0.1) is 14.2 Å². The normalized spacial score (nSPS) is 14.7. The number of piperazine rings is 1. The van der Waals surface area contributed by atoms with Gasteiger partial charge in [0.1, 0.15) is 5.82 Å². The summed E-state index contributed by atoms with van der Waals surface area (Å²) in [6, 6.07) is 5.64. The first-order valence-electron chi connectivity index (χ1n) is 10.1. The van der Waals surface area contributed by atoms with Crippen molar-refractivity contribution in [1.82, 2.24) is 24.7 Å². The molecule has 8 nitrogen and oxygen atoms in total. The SMILES string of the molecule is CCc1nccn1CCN1CCN(C(=O)NCc2ccc(OC)c(OC)c2)CC1. The Bertz CT molecular complexity index is 799. The number of hydrogen-bond acceptors (Lipinski definition) is 5. The number of ether oxygens (including phenoxy) is 2. The van der Waals surface area contributed by atoms with Crippen molar-refractivity contribution in [2.75, 3.05) is 46.9 Å². The Kier molecular flexibility index (Phi) is 7.35. The molecular formula is C21H31N5O3. The van der Waals surface area contributed by atoms with Gasteiger partial charge in [-0.25, -0.2) is 9.78 Å². The predicted molar refractivity (Wildman–Crippen MR) is 111 cm³/mol. The van der Waals surface area contributed by atoms with Crippen LogP contribution in [-0.2, 0) is 19.5 Å². The van der Waals surface area contributed by atoms with E-state index in [1.54, 1.807) is 14.2 Å². The highest BCUT2D eigenvalue weighted by molar-refractivity contribution is 5.74. The quantitative estimate of drug-likeness (QED) is 0.732. The molecule has 2 amide bonds. The molecule has 2 heterocycles. The van der Waals surface area contributed by atoms with E-state index in [9.17, 15) is 4.79 Å². The summed E-state index contributed by atoms with van der Waals surface area (Å²) in [5, 5.41) is 3.00. The number of methoxy groups -OCH3 is 2. The molecule has 0 bridgehead atoms. The highest BCUT2D eigenvalue weighted by atomic mass is 16.5. The van der Waals surface area contributed by atoms with Gasteiger partial charge in [-0.3, -0.25) is 4.90 Å². The lowest BCUT2D eigenvalue weighted by molar-refractivity contribution is 0.136. The summed E-state index contributed by atoms with van der Waals surface area (Å²) >= 11 is 0. The average Bonchev–Trinajstić information content (AvgIpc) is 3.23. The molecule has 0 atom stereocenters. The molecule has 0 radical (unpaired) electrons. The molecule has 29 heavy (non-hydrogen) atoms. The Morgan fingerprint density at radius 2 is 1.86 bits per heavy atom. The molecule has 1 N–H and O–H groups in total. The van der Waals surface area contributed by atoms with E-state index in [0.717, 1.165) is 57.1 Å². The van der Waals surface area contributed by atoms with Crippen molar-refractivity contribution in [1.29, 1.82) is 0 Å². The molecule has 1 aliphatic heterocycles. The molecule has 0 aliphatic carbocycles. The van der Waals surface area contributed by atoms with Crippen LogP contribution in [0.4, 0.5) is 4.79 Å². The maximum absolute atomic E-state index is 12.5. The summed E-state index contributed by atoms with van der Waals surface area (Å²) in [7, 11) is 3.21. The van der Waals surface area contributed by atoms with Gasteiger partial charge in [0.2, 0.25) is 0 Å². The maximum Gasteiger partial charge on any atom is 0.317 e. The molecule has 1 aromatic carbocycles. The van der Waals surface area contributed by atoms with E-state index in [1.807, 2.05) is 35.5 Å². The molecule has 0 spiro atoms. The third-order valence-electron chi connectivity index (χ3n) is 5.33. The van der Waals surface area contributed by atoms with Crippen molar-refractivity contribution in [2.45, 2.75) is 26.4 Å². The van der Waals surface area contributed by atoms with E-state index in [4.69, 9.17) is 9.47 Å². The van der Waals surface area contributed by atoms with Crippen molar-refractivity contribution < 1.29 is 14.3 Å². The van der Waals surface area contributed by atoms with Gasteiger partial charge in [-0.2, -0.15) is 0 Å². The summed E-state index contributed by atoms with van der Waals surface area (Å²) in [5.41, 5.74) is 0.974. The van der Waals surface area contributed by atoms with Crippen LogP contribution in [0.5, 0.6) is 11.5 Å². The standard InChI is InChI=1S/C21H31N5O3/c1-4-20-22-7-8-25(20)12-9-24-10-13-26(14-11-24)21(27)23-16-17-5-6-18(28-2)19(15-17)29-3/h5-8,15H,4,9-14,16H2,1-3H3,(H,23,27). The number of nitrogens with zero attached hydrogens (tertiary/aromatic N) is 4. The van der Waals surface area contributed by atoms with Gasteiger partial charge in [-0.1, -0.05) is 13.0 Å². The summed E-state index contributed by atoms with van der Waals surface area (Å²) in [6.45, 7) is 7.75. The molecule has 158 valence electrons. The monoisotopic (exact) mass is 401 g/mol. The molecular weight excluding hydrogens is 370 g/mol. The Morgan fingerprint density at radius 3 is 2.55 bits per heavy atom. The first kappa shape index (κ1) is 21.0. The second-order valence-corrected chi connectivity index (χ2v) is 7.07. The van der Waals surface area contributed by atoms with Gasteiger partial charge < -0.3 is 24.3 Å². The lowest BCUT2D eigenvalue weighted by Gasteiger charge is -2.34. The van der Waals surface area contributed by atoms with E-state index < -0.39 is 0 Å². The number of benzene rings is 1. The topological polar surface area (TPSA) is 71.9 Å². The zero-order valence-electron chi connectivity index (χ0n) is 17.6. The van der Waals surface area contributed by atoms with Gasteiger partial charge in [-0.15, -0.1) is 0 Å². The van der Waals surface area contributed by atoms with Crippen molar-refractivity contribution >= 4 is 6.03 Å². The molecule has 0 unspecified atom stereocenters. The largest absolute Gasteiger partial charge is 0.493 e. The Morgan fingerprint density at radius 1 is 1.10 bits per heavy atom. The number of urea groups is 1. The molecule has 2 aromatic rings. The van der Waals surface area contributed by atoms with Gasteiger partial charge in [0, 0.05) is 64.6 Å². The predicted octanol–water partition coefficient (Wildman–Crippen LogP) is 1.99. The smallest absolute Gasteiger partial charge is 0.317 e. The summed E-state index contributed by atoms with van der Waals surface area (Å²) in [4.78, 5) is 21.2. The average molecular weight is 402 g/mol. The molecule has 3 rings (SSSR count). The number of hydrogen-bond donors (Lipinski definition) is 1. The number of aryl methyl sites for hydroxylation is 1. The van der Waals surface area contributed by atoms with Crippen molar-refractivity contribution in [3.05, 3.63) is 42.0 Å². The Labute approximate surface area is 172 Å². The minimum Gasteiger partial charge on any atom is -0.493 e. The van der Waals surface area contributed by atoms with E-state index in [-0.39, 0.29) is 6.03 Å². The second-order valence-electron chi connectivity index (χ2n) is 7.07. The van der Waals surface area contributed by atoms with Gasteiger partial charge in [-0.05, 0) is 17.7 Å². The number of rotatable bonds is 8. The zero-order chi connectivity index (χ0) is 20.6. The molecule has 1 fully saturated rings. The van der Waals surface area contributed by atoms with Gasteiger partial charge >= 0.3 is 6.03 Å². The summed E-state index contributed by atoms with van der Waals surface area (Å²) in [6.07, 6.45) is 4.84. The van der Waals surface area contributed by atoms with Gasteiger partial charge in [0.15, 0.2) is 11.5 Å². The van der Waals surface area contributed by atoms with Crippen LogP contribution in [0.3, 0.4) is 0 Å². The molecule has 1 saturated heterocycles. The molecule has 0 saturated carbocycles. The van der Waals surface area contributed by atoms with Crippen LogP contribution in [0, 0.1) is 0 Å². The fourth-order valence-electron chi connectivity index (χ4n) is 3.56. The van der Waals surface area contributed by atoms with Crippen LogP contribution in [0.15, 0.2) is 30.6 Å². The van der Waals surface area contributed by atoms with E-state index in [1.165, 1.54) is 0 Å². The number of imidazole rings is 1. The van der Waals surface area contributed by atoms with E-state index >= 15 is 0 Å². The minimum atomic E-state index is -0.0256. The second kappa shape index (κ2) is 10.2. The maximum atomic E-state index is 12.5. The summed E-state index contributed by atoms with van der Waals surface area (Å²) in [5.74, 6) is 2.47. The molecule has 1 aliphatic rings. The zero-order valence-corrected chi connectivity index (χ0v) is 17.6. The first-order chi connectivity index (χ1) is 14.1. The molecule has 1 aromatic heterocycles. The highest BCUT2D eigenvalue weighted by Gasteiger charge is 2.21. The van der Waals surface area contributed by atoms with Crippen LogP contribution in [-0.4, -0.2) is 72.3 Å². The third kappa shape index (κ3) is 5.41. The van der Waals surface area contributed by atoms with Crippen LogP contribution in [0.2, 0.25) is 0 Å². The van der Waals surface area contributed by atoms with E-state index in [0.29, 0.717) is 18.0 Å². The van der Waals surface area contributed by atoms with Crippen LogP contribution >= 0.6 is 0 Å². The van der Waals surface area contributed by atoms with Crippen LogP contribution in [0.25, 0.3) is 0 Å². The third-order valence-corrected chi connectivity index (χ3v) is 5.33. The van der Waals surface area contributed by atoms with E-state index in [2.05, 4.69) is 26.7 Å². The lowest BCUT2D eigenvalue weighted by Crippen LogP contribution is -2.52. The van der Waals surface area contributed by atoms with Crippen molar-refractivity contribution in [3.8, 4) is 11.5 Å². The number of carbonyl (C=O) groups is 1. The van der Waals surface area contributed by atoms with Crippen LogP contribution < -0.4 is 14.8 Å². The lowest BCUT2D eigenvalue weighted by atomic mass is 10.2. The van der Waals surface area contributed by atoms with Crippen molar-refractivity contribution in [3.63, 3.8) is 0 Å². The van der Waals surface area contributed by atoms with Gasteiger partial charge in [0.25, 0.3) is 0 Å². The number of nitrogens with one attached hydrogen (secondary N) is 1. The molecule has 8 heteroatoms. The van der Waals surface area contributed by atoms with Crippen LogP contribution in [0.1, 0.15) is 18.3 Å². The van der Waals surface area contributed by atoms with Crippen molar-refractivity contribution in [2.24, 2.45) is 0 Å². The Balaban J connectivity index is 1.42. The highest BCUT2D eigenvalue weighted by Crippen LogP contribution is 2.27. The fraction of sp³-hybridized carbons (Fsp3) is 0.524. The Hall–Kier alpha value is -2.74. The fourth-order valence-corrected chi connectivity index (χ4v) is 3.56. The number of aromatic nitrogens is 2. The number of amides is 2. The summed E-state index contributed by atoms with van der Waals surface area (Å²) < 4.78 is 12.8. The number of carbonyl (C=O) groups excluding carboxylic acids is 1. The first-order valence-corrected chi connectivity index (χ1v) is 10.1.